The zero-order valence-corrected chi connectivity index (χ0v) is 21.2. The molecule has 0 unspecified atom stereocenters. The first-order valence-electron chi connectivity index (χ1n) is 12.1. The number of anilines is 3. The summed E-state index contributed by atoms with van der Waals surface area (Å²) in [5.74, 6) is 0.370. The van der Waals surface area contributed by atoms with Crippen LogP contribution in [0.3, 0.4) is 0 Å². The van der Waals surface area contributed by atoms with Crippen LogP contribution in [0.5, 0.6) is 5.88 Å². The Morgan fingerprint density at radius 3 is 2.85 bits per heavy atom. The van der Waals surface area contributed by atoms with Crippen LogP contribution in [0.25, 0.3) is 11.3 Å². The van der Waals surface area contributed by atoms with Crippen molar-refractivity contribution in [1.82, 2.24) is 15.0 Å². The summed E-state index contributed by atoms with van der Waals surface area (Å²) in [6.07, 6.45) is -1.53. The number of pyridine rings is 1. The molecular weight excluding hydrogens is 541 g/mol. The number of fused-ring (bicyclic) bond motifs is 4. The Bertz CT molecular complexity index is 1380. The largest absolute Gasteiger partial charge is 0.474 e. The number of piperidine rings is 1. The fraction of sp³-hybridized carbons (Fsp3) is 0.360. The number of hydrogen-bond donors (Lipinski definition) is 3. The Hall–Kier alpha value is -3.68. The van der Waals surface area contributed by atoms with E-state index in [1.54, 1.807) is 6.07 Å². The number of ether oxygens (including phenoxy) is 1. The summed E-state index contributed by atoms with van der Waals surface area (Å²) in [6.45, 7) is 0.554. The molecule has 2 amide bonds. The summed E-state index contributed by atoms with van der Waals surface area (Å²) >= 11 is 6.52. The molecule has 2 bridgehead atoms. The molecule has 2 aliphatic rings. The van der Waals surface area contributed by atoms with E-state index in [9.17, 15) is 23.1 Å². The van der Waals surface area contributed by atoms with Gasteiger partial charge in [-0.3, -0.25) is 15.2 Å². The van der Waals surface area contributed by atoms with Crippen molar-refractivity contribution < 1.29 is 32.9 Å². The summed E-state index contributed by atoms with van der Waals surface area (Å²) in [4.78, 5) is 29.9. The van der Waals surface area contributed by atoms with Gasteiger partial charge in [0.1, 0.15) is 12.7 Å². The number of aliphatic hydroxyl groups excluding tert-OH is 2. The molecule has 0 aliphatic carbocycles. The van der Waals surface area contributed by atoms with E-state index < -0.39 is 30.5 Å². The van der Waals surface area contributed by atoms with Crippen molar-refractivity contribution in [2.45, 2.75) is 31.2 Å². The van der Waals surface area contributed by atoms with E-state index in [0.717, 1.165) is 25.1 Å². The molecule has 3 aromatic rings. The fourth-order valence-corrected chi connectivity index (χ4v) is 4.88. The number of rotatable bonds is 6. The van der Waals surface area contributed by atoms with Gasteiger partial charge in [0.2, 0.25) is 5.88 Å². The molecule has 1 saturated heterocycles. The van der Waals surface area contributed by atoms with Crippen LogP contribution in [-0.2, 0) is 6.18 Å². The first-order valence-corrected chi connectivity index (χ1v) is 12.5. The third-order valence-corrected chi connectivity index (χ3v) is 6.72. The van der Waals surface area contributed by atoms with Crippen molar-refractivity contribution in [2.75, 3.05) is 41.4 Å². The minimum Gasteiger partial charge on any atom is -0.474 e. The lowest BCUT2D eigenvalue weighted by atomic mass is 9.99. The molecule has 2 atom stereocenters. The Balaban J connectivity index is 1.48. The van der Waals surface area contributed by atoms with Gasteiger partial charge in [-0.1, -0.05) is 23.7 Å². The van der Waals surface area contributed by atoms with Gasteiger partial charge in [0.25, 0.3) is 0 Å². The monoisotopic (exact) mass is 564 g/mol. The predicted octanol–water partition coefficient (Wildman–Crippen LogP) is 3.96. The normalized spacial score (nSPS) is 17.4. The number of carbonyl (C=O) groups is 1. The zero-order valence-electron chi connectivity index (χ0n) is 20.4. The van der Waals surface area contributed by atoms with Crippen LogP contribution in [0.15, 0.2) is 42.7 Å². The Kier molecular flexibility index (Phi) is 7.47. The highest BCUT2D eigenvalue weighted by molar-refractivity contribution is 6.33. The van der Waals surface area contributed by atoms with E-state index >= 15 is 0 Å². The third kappa shape index (κ3) is 5.70. The summed E-state index contributed by atoms with van der Waals surface area (Å²) in [7, 11) is 0. The van der Waals surface area contributed by atoms with Crippen molar-refractivity contribution >= 4 is 35.0 Å². The van der Waals surface area contributed by atoms with Gasteiger partial charge in [-0.2, -0.15) is 18.2 Å². The van der Waals surface area contributed by atoms with Crippen LogP contribution < -0.4 is 19.9 Å². The molecule has 0 spiro atoms. The highest BCUT2D eigenvalue weighted by atomic mass is 35.5. The number of urea groups is 1. The average molecular weight is 565 g/mol. The second-order valence-corrected chi connectivity index (χ2v) is 9.58. The maximum absolute atomic E-state index is 13.6. The molecule has 1 aromatic carbocycles. The summed E-state index contributed by atoms with van der Waals surface area (Å²) in [5.41, 5.74) is 0.0589. The second-order valence-electron chi connectivity index (χ2n) is 9.17. The second kappa shape index (κ2) is 10.8. The average Bonchev–Trinajstić information content (AvgIpc) is 2.92. The van der Waals surface area contributed by atoms with E-state index in [4.69, 9.17) is 21.4 Å². The lowest BCUT2D eigenvalue weighted by Crippen LogP contribution is -2.56. The van der Waals surface area contributed by atoms with Crippen LogP contribution in [-0.4, -0.2) is 69.6 Å². The van der Waals surface area contributed by atoms with Gasteiger partial charge in [0.05, 0.1) is 47.0 Å². The minimum absolute atomic E-state index is 0.0277. The maximum atomic E-state index is 13.6. The van der Waals surface area contributed by atoms with Crippen molar-refractivity contribution in [3.8, 4) is 17.1 Å². The van der Waals surface area contributed by atoms with E-state index in [1.807, 2.05) is 0 Å². The van der Waals surface area contributed by atoms with Crippen LogP contribution in [0.2, 0.25) is 5.02 Å². The van der Waals surface area contributed by atoms with Gasteiger partial charge >= 0.3 is 12.2 Å². The van der Waals surface area contributed by atoms with E-state index in [-0.39, 0.29) is 46.4 Å². The van der Waals surface area contributed by atoms with Crippen molar-refractivity contribution in [3.63, 3.8) is 0 Å². The quantitative estimate of drug-likeness (QED) is 0.411. The van der Waals surface area contributed by atoms with E-state index in [0.29, 0.717) is 18.7 Å². The first kappa shape index (κ1) is 26.9. The van der Waals surface area contributed by atoms with Crippen molar-refractivity contribution in [2.24, 2.45) is 0 Å². The molecular formula is C25H24ClF3N6O4. The number of halogens is 4. The number of aromatic nitrogens is 3. The molecule has 2 aliphatic heterocycles. The molecule has 10 nitrogen and oxygen atoms in total. The number of hydrogen-bond acceptors (Lipinski definition) is 8. The van der Waals surface area contributed by atoms with Gasteiger partial charge in [-0.15, -0.1) is 0 Å². The minimum atomic E-state index is -4.54. The Labute approximate surface area is 226 Å². The number of carbonyl (C=O) groups excluding carboxylic acids is 1. The topological polar surface area (TPSA) is 124 Å². The number of aliphatic hydroxyl groups is 2. The Morgan fingerprint density at radius 2 is 2.08 bits per heavy atom. The first-order chi connectivity index (χ1) is 18.6. The van der Waals surface area contributed by atoms with E-state index in [2.05, 4.69) is 25.2 Å². The number of nitrogens with zero attached hydrogens (tertiary/aromatic N) is 5. The molecule has 0 saturated carbocycles. The number of alkyl halides is 3. The maximum Gasteiger partial charge on any atom is 0.416 e. The smallest absolute Gasteiger partial charge is 0.416 e. The SMILES string of the molecule is O=C(Nc1cncc(OC[C@H](O)CO)n1)N1c2nc(-c3cccc(C(F)(F)F)c3)c(Cl)cc2N2CCC[C@H]1C2. The number of nitrogens with one attached hydrogen (secondary N) is 1. The lowest BCUT2D eigenvalue weighted by Gasteiger charge is -2.46. The van der Waals surface area contributed by atoms with Gasteiger partial charge in [0, 0.05) is 18.7 Å². The highest BCUT2D eigenvalue weighted by Gasteiger charge is 2.39. The highest BCUT2D eigenvalue weighted by Crippen LogP contribution is 2.43. The summed E-state index contributed by atoms with van der Waals surface area (Å²) in [6, 6.07) is 5.53. The van der Waals surface area contributed by atoms with Crippen molar-refractivity contribution in [3.05, 3.63) is 53.3 Å². The van der Waals surface area contributed by atoms with Gasteiger partial charge < -0.3 is 19.8 Å². The molecule has 39 heavy (non-hydrogen) atoms. The molecule has 4 heterocycles. The van der Waals surface area contributed by atoms with Crippen LogP contribution in [0.1, 0.15) is 18.4 Å². The van der Waals surface area contributed by atoms with Crippen LogP contribution in [0.4, 0.5) is 35.3 Å². The van der Waals surface area contributed by atoms with E-state index in [1.165, 1.54) is 29.4 Å². The molecule has 2 aromatic heterocycles. The summed E-state index contributed by atoms with van der Waals surface area (Å²) in [5, 5.41) is 21.3. The Morgan fingerprint density at radius 1 is 1.26 bits per heavy atom. The molecule has 3 N–H and O–H groups in total. The molecule has 5 rings (SSSR count). The van der Waals surface area contributed by atoms with Gasteiger partial charge in [0.15, 0.2) is 11.6 Å². The predicted molar refractivity (Wildman–Crippen MR) is 137 cm³/mol. The van der Waals surface area contributed by atoms with Crippen LogP contribution >= 0.6 is 11.6 Å². The number of amides is 2. The molecule has 206 valence electrons. The summed E-state index contributed by atoms with van der Waals surface area (Å²) < 4.78 is 45.4. The molecule has 14 heteroatoms. The third-order valence-electron chi connectivity index (χ3n) is 6.43. The fourth-order valence-electron chi connectivity index (χ4n) is 4.63. The molecule has 0 radical (unpaired) electrons. The standard InChI is InChI=1S/C25H24ClF3N6O4/c26-18-8-19-23(33-22(18)14-3-1-4-15(7-14)25(27,28)29)35(16-5-2-6-34(19)11-16)24(38)32-20-9-30-10-21(31-20)39-13-17(37)12-36/h1,3-4,7-10,16-17,36-37H,2,5-6,11-13H2,(H,31,32,38)/t16-,17+/m0/s1. The van der Waals surface area contributed by atoms with Crippen LogP contribution in [0, 0.1) is 0 Å². The zero-order chi connectivity index (χ0) is 27.7. The van der Waals surface area contributed by atoms with Gasteiger partial charge in [-0.05, 0) is 31.0 Å². The molecule has 1 fully saturated rings. The van der Waals surface area contributed by atoms with Crippen molar-refractivity contribution in [1.29, 1.82) is 0 Å². The number of benzene rings is 1. The lowest BCUT2D eigenvalue weighted by molar-refractivity contribution is -0.137. The van der Waals surface area contributed by atoms with Gasteiger partial charge in [-0.25, -0.2) is 9.78 Å².